The fourth-order valence-electron chi connectivity index (χ4n) is 10.0. The minimum absolute atomic E-state index is 0.0592. The second kappa shape index (κ2) is 63.4. The number of aliphatic hydroxyl groups excluding tert-OH is 1. The van der Waals surface area contributed by atoms with E-state index >= 15 is 0 Å². The van der Waals surface area contributed by atoms with Gasteiger partial charge in [-0.05, 0) is 51.4 Å². The van der Waals surface area contributed by atoms with Gasteiger partial charge in [0.05, 0.1) is 6.61 Å². The Morgan fingerprint density at radius 3 is 0.833 bits per heavy atom. The number of unbranched alkanes of at least 4 members (excludes halogenated alkanes) is 47. The first-order valence-electron chi connectivity index (χ1n) is 32.5. The first-order valence-corrected chi connectivity index (χ1v) is 32.5. The van der Waals surface area contributed by atoms with Crippen molar-refractivity contribution in [2.45, 2.75) is 367 Å². The topological polar surface area (TPSA) is 72.8 Å². The van der Waals surface area contributed by atoms with Crippen molar-refractivity contribution in [2.75, 3.05) is 13.2 Å². The fraction of sp³-hybridized carbons (Fsp3) is 0.881. The number of esters is 2. The molecule has 0 saturated heterocycles. The van der Waals surface area contributed by atoms with Crippen LogP contribution in [0.3, 0.4) is 0 Å². The van der Waals surface area contributed by atoms with Gasteiger partial charge in [-0.15, -0.1) is 0 Å². The Labute approximate surface area is 450 Å². The summed E-state index contributed by atoms with van der Waals surface area (Å²) in [5.41, 5.74) is 0. The number of allylic oxidation sites excluding steroid dienone is 6. The van der Waals surface area contributed by atoms with E-state index in [2.05, 4.69) is 50.3 Å². The standard InChI is InChI=1S/C67H126O5/c1-3-5-7-9-11-13-15-17-19-21-23-25-27-29-30-31-32-33-34-35-36-38-40-42-44-46-48-50-52-54-56-58-60-62-67(70)72-65(63-68)64-71-66(69)61-59-57-55-53-51-49-47-45-43-41-39-37-28-26-24-22-20-18-16-14-12-10-8-6-4-2/h15,17,21,23,27,29,65,68H,3-14,16,18-20,22,24-26,28,30-64H2,1-2H3/b17-15-,23-21-,29-27-. The largest absolute Gasteiger partial charge is 0.462 e. The number of ether oxygens (including phenoxy) is 2. The van der Waals surface area contributed by atoms with Crippen molar-refractivity contribution in [3.05, 3.63) is 36.5 Å². The number of hydrogen-bond donors (Lipinski definition) is 1. The van der Waals surface area contributed by atoms with Crippen LogP contribution in [0, 0.1) is 0 Å². The summed E-state index contributed by atoms with van der Waals surface area (Å²) in [5.74, 6) is -0.567. The highest BCUT2D eigenvalue weighted by Crippen LogP contribution is 2.18. The summed E-state index contributed by atoms with van der Waals surface area (Å²) in [6, 6.07) is 0. The fourth-order valence-corrected chi connectivity index (χ4v) is 10.0. The molecule has 0 aliphatic carbocycles. The van der Waals surface area contributed by atoms with Crippen LogP contribution < -0.4 is 0 Å². The van der Waals surface area contributed by atoms with E-state index in [0.29, 0.717) is 12.8 Å². The van der Waals surface area contributed by atoms with Gasteiger partial charge in [0, 0.05) is 12.8 Å². The molecule has 1 atom stereocenters. The molecule has 0 aromatic rings. The molecule has 0 aromatic heterocycles. The van der Waals surface area contributed by atoms with Crippen LogP contribution in [0.15, 0.2) is 36.5 Å². The lowest BCUT2D eigenvalue weighted by molar-refractivity contribution is -0.161. The Kier molecular flexibility index (Phi) is 61.8. The van der Waals surface area contributed by atoms with E-state index in [1.165, 1.54) is 289 Å². The number of rotatable bonds is 61. The molecule has 0 bridgehead atoms. The van der Waals surface area contributed by atoms with Gasteiger partial charge in [0.2, 0.25) is 0 Å². The molecule has 72 heavy (non-hydrogen) atoms. The first-order chi connectivity index (χ1) is 35.6. The molecule has 0 aliphatic rings. The van der Waals surface area contributed by atoms with Crippen molar-refractivity contribution >= 4 is 11.9 Å². The van der Waals surface area contributed by atoms with E-state index in [4.69, 9.17) is 9.47 Å². The number of carbonyl (C=O) groups is 2. The van der Waals surface area contributed by atoms with Crippen molar-refractivity contribution in [1.29, 1.82) is 0 Å². The van der Waals surface area contributed by atoms with Crippen LogP contribution in [0.2, 0.25) is 0 Å². The molecule has 0 saturated carbocycles. The first kappa shape index (κ1) is 70.1. The molecule has 0 radical (unpaired) electrons. The maximum atomic E-state index is 12.3. The summed E-state index contributed by atoms with van der Waals surface area (Å²) in [7, 11) is 0. The van der Waals surface area contributed by atoms with Crippen LogP contribution >= 0.6 is 0 Å². The minimum Gasteiger partial charge on any atom is -0.462 e. The zero-order chi connectivity index (χ0) is 52.0. The Morgan fingerprint density at radius 2 is 0.556 bits per heavy atom. The highest BCUT2D eigenvalue weighted by molar-refractivity contribution is 5.70. The third-order valence-electron chi connectivity index (χ3n) is 14.9. The zero-order valence-corrected chi connectivity index (χ0v) is 48.7. The molecule has 0 rings (SSSR count). The third-order valence-corrected chi connectivity index (χ3v) is 14.9. The average molecular weight is 1010 g/mol. The molecule has 0 heterocycles. The summed E-state index contributed by atoms with van der Waals surface area (Å²) in [4.78, 5) is 24.6. The van der Waals surface area contributed by atoms with Crippen LogP contribution in [-0.2, 0) is 19.1 Å². The zero-order valence-electron chi connectivity index (χ0n) is 48.7. The maximum absolute atomic E-state index is 12.3. The smallest absolute Gasteiger partial charge is 0.306 e. The highest BCUT2D eigenvalue weighted by Gasteiger charge is 2.16. The Hall–Kier alpha value is -1.88. The minimum atomic E-state index is -0.769. The lowest BCUT2D eigenvalue weighted by Gasteiger charge is -2.15. The van der Waals surface area contributed by atoms with Crippen molar-refractivity contribution < 1.29 is 24.2 Å². The van der Waals surface area contributed by atoms with Gasteiger partial charge in [-0.1, -0.05) is 333 Å². The van der Waals surface area contributed by atoms with Gasteiger partial charge < -0.3 is 14.6 Å². The van der Waals surface area contributed by atoms with Crippen molar-refractivity contribution in [3.8, 4) is 0 Å². The third kappa shape index (κ3) is 60.7. The summed E-state index contributed by atoms with van der Waals surface area (Å²) in [5, 5.41) is 9.68. The molecule has 424 valence electrons. The van der Waals surface area contributed by atoms with Crippen molar-refractivity contribution in [1.82, 2.24) is 0 Å². The van der Waals surface area contributed by atoms with E-state index in [0.717, 1.165) is 44.9 Å². The Balaban J connectivity index is 3.41. The quantitative estimate of drug-likeness (QED) is 0.0373. The summed E-state index contributed by atoms with van der Waals surface area (Å²) in [6.07, 6.45) is 83.0. The lowest BCUT2D eigenvalue weighted by atomic mass is 10.0. The van der Waals surface area contributed by atoms with Crippen LogP contribution in [0.1, 0.15) is 361 Å². The van der Waals surface area contributed by atoms with Crippen LogP contribution in [0.5, 0.6) is 0 Å². The molecular formula is C67H126O5. The molecule has 1 N–H and O–H groups in total. The predicted octanol–water partition coefficient (Wildman–Crippen LogP) is 22.2. The van der Waals surface area contributed by atoms with E-state index in [-0.39, 0.29) is 25.2 Å². The summed E-state index contributed by atoms with van der Waals surface area (Å²) < 4.78 is 10.8. The van der Waals surface area contributed by atoms with Crippen LogP contribution in [-0.4, -0.2) is 36.4 Å². The van der Waals surface area contributed by atoms with E-state index in [1.54, 1.807) is 0 Å². The van der Waals surface area contributed by atoms with Crippen molar-refractivity contribution in [2.24, 2.45) is 0 Å². The maximum Gasteiger partial charge on any atom is 0.306 e. The number of aliphatic hydroxyl groups is 1. The van der Waals surface area contributed by atoms with Crippen LogP contribution in [0.25, 0.3) is 0 Å². The second-order valence-corrected chi connectivity index (χ2v) is 22.2. The molecule has 1 unspecified atom stereocenters. The molecule has 0 aliphatic heterocycles. The van der Waals surface area contributed by atoms with Gasteiger partial charge in [0.25, 0.3) is 0 Å². The van der Waals surface area contributed by atoms with Crippen molar-refractivity contribution in [3.63, 3.8) is 0 Å². The van der Waals surface area contributed by atoms with E-state index < -0.39 is 6.10 Å². The number of carbonyl (C=O) groups excluding carboxylic acids is 2. The van der Waals surface area contributed by atoms with Gasteiger partial charge >= 0.3 is 11.9 Å². The Morgan fingerprint density at radius 1 is 0.319 bits per heavy atom. The monoisotopic (exact) mass is 1010 g/mol. The predicted molar refractivity (Wildman–Crippen MR) is 316 cm³/mol. The average Bonchev–Trinajstić information content (AvgIpc) is 3.38. The summed E-state index contributed by atoms with van der Waals surface area (Å²) in [6.45, 7) is 4.19. The van der Waals surface area contributed by atoms with E-state index in [9.17, 15) is 14.7 Å². The van der Waals surface area contributed by atoms with Gasteiger partial charge in [-0.2, -0.15) is 0 Å². The Bertz CT molecular complexity index is 1140. The summed E-state index contributed by atoms with van der Waals surface area (Å²) >= 11 is 0. The lowest BCUT2D eigenvalue weighted by Crippen LogP contribution is -2.28. The molecule has 0 spiro atoms. The second-order valence-electron chi connectivity index (χ2n) is 22.2. The molecule has 5 nitrogen and oxygen atoms in total. The van der Waals surface area contributed by atoms with Gasteiger partial charge in [-0.25, -0.2) is 0 Å². The molecule has 0 amide bonds. The molecule has 0 aromatic carbocycles. The van der Waals surface area contributed by atoms with E-state index in [1.807, 2.05) is 0 Å². The van der Waals surface area contributed by atoms with Gasteiger partial charge in [-0.3, -0.25) is 9.59 Å². The molecule has 5 heteroatoms. The SMILES string of the molecule is CCCCCCC/C=C\C/C=C\C/C=C\CCCCCCCCCCCCCCCCCCCCC(=O)OC(CO)COC(=O)CCCCCCCCCCCCCCCCCCCCCCCCCCC. The molecular weight excluding hydrogens is 885 g/mol. The van der Waals surface area contributed by atoms with Gasteiger partial charge in [0.1, 0.15) is 6.61 Å². The highest BCUT2D eigenvalue weighted by atomic mass is 16.6. The van der Waals surface area contributed by atoms with Crippen LogP contribution in [0.4, 0.5) is 0 Å². The van der Waals surface area contributed by atoms with Gasteiger partial charge in [0.15, 0.2) is 6.10 Å². The normalized spacial score (nSPS) is 12.3. The molecule has 0 fully saturated rings. The number of hydrogen-bond acceptors (Lipinski definition) is 5.